The number of hydrogen-bond acceptors (Lipinski definition) is 4. The number of thioether (sulfide) groups is 1. The van der Waals surface area contributed by atoms with Crippen molar-refractivity contribution < 1.29 is 9.90 Å². The summed E-state index contributed by atoms with van der Waals surface area (Å²) in [4.78, 5) is 19.6. The van der Waals surface area contributed by atoms with Crippen molar-refractivity contribution in [2.45, 2.75) is 38.0 Å². The molecule has 1 heterocycles. The predicted molar refractivity (Wildman–Crippen MR) is 90.9 cm³/mol. The first-order valence-corrected chi connectivity index (χ1v) is 8.66. The van der Waals surface area contributed by atoms with E-state index in [1.165, 1.54) is 0 Å². The van der Waals surface area contributed by atoms with Crippen molar-refractivity contribution in [3.63, 3.8) is 0 Å². The van der Waals surface area contributed by atoms with Crippen LogP contribution < -0.4 is 5.32 Å². The third kappa shape index (κ3) is 4.74. The summed E-state index contributed by atoms with van der Waals surface area (Å²) in [6, 6.07) is 7.90. The second-order valence-electron chi connectivity index (χ2n) is 5.29. The molecule has 0 radical (unpaired) electrons. The minimum Gasteiger partial charge on any atom is -0.393 e. The molecule has 22 heavy (non-hydrogen) atoms. The molecule has 0 saturated carbocycles. The normalized spacial score (nSPS) is 14.0. The summed E-state index contributed by atoms with van der Waals surface area (Å²) < 4.78 is 0. The van der Waals surface area contributed by atoms with Gasteiger partial charge in [-0.25, -0.2) is 4.98 Å². The molecule has 2 unspecified atom stereocenters. The maximum absolute atomic E-state index is 11.8. The molecule has 1 aromatic carbocycles. The number of carbonyl (C=O) groups is 1. The molecule has 2 rings (SSSR count). The minimum atomic E-state index is -0.331. The second-order valence-corrected chi connectivity index (χ2v) is 6.62. The third-order valence-electron chi connectivity index (χ3n) is 3.53. The molecule has 0 aliphatic rings. The lowest BCUT2D eigenvalue weighted by molar-refractivity contribution is -0.118. The number of para-hydroxylation sites is 2. The number of aliphatic hydroxyl groups is 1. The number of aliphatic hydroxyl groups excluding tert-OH is 1. The zero-order valence-electron chi connectivity index (χ0n) is 13.0. The van der Waals surface area contributed by atoms with Crippen LogP contribution in [0.1, 0.15) is 37.8 Å². The summed E-state index contributed by atoms with van der Waals surface area (Å²) in [7, 11) is 0. The Balaban J connectivity index is 1.77. The summed E-state index contributed by atoms with van der Waals surface area (Å²) in [5.41, 5.74) is 1.96. The van der Waals surface area contributed by atoms with Gasteiger partial charge in [-0.2, -0.15) is 0 Å². The summed E-state index contributed by atoms with van der Waals surface area (Å²) in [5.74, 6) is 1.28. The molecular formula is C16H23N3O2S. The van der Waals surface area contributed by atoms with Crippen LogP contribution in [0.25, 0.3) is 11.0 Å². The molecule has 1 aromatic heterocycles. The van der Waals surface area contributed by atoms with Crippen LogP contribution in [0.2, 0.25) is 0 Å². The Bertz CT molecular complexity index is 581. The van der Waals surface area contributed by atoms with Crippen LogP contribution >= 0.6 is 11.8 Å². The SMILES string of the molecule is CCC(O)CCNC(=O)CSC(C)c1nc2ccccc2[nH]1. The average Bonchev–Trinajstić information content (AvgIpc) is 2.96. The Kier molecular flexibility index (Phi) is 6.27. The van der Waals surface area contributed by atoms with Gasteiger partial charge >= 0.3 is 0 Å². The average molecular weight is 321 g/mol. The Morgan fingerprint density at radius 1 is 1.45 bits per heavy atom. The fourth-order valence-corrected chi connectivity index (χ4v) is 2.85. The smallest absolute Gasteiger partial charge is 0.230 e. The highest BCUT2D eigenvalue weighted by Crippen LogP contribution is 2.27. The predicted octanol–water partition coefficient (Wildman–Crippen LogP) is 2.63. The number of fused-ring (bicyclic) bond motifs is 1. The van der Waals surface area contributed by atoms with Gasteiger partial charge in [-0.05, 0) is 31.9 Å². The minimum absolute atomic E-state index is 0.00346. The van der Waals surface area contributed by atoms with Crippen LogP contribution in [-0.4, -0.2) is 39.4 Å². The summed E-state index contributed by atoms with van der Waals surface area (Å²) in [6.07, 6.45) is 0.988. The van der Waals surface area contributed by atoms with Crippen LogP contribution in [0.4, 0.5) is 0 Å². The molecule has 1 amide bonds. The number of amides is 1. The topological polar surface area (TPSA) is 78.0 Å². The second kappa shape index (κ2) is 8.19. The van der Waals surface area contributed by atoms with E-state index in [2.05, 4.69) is 15.3 Å². The molecule has 0 bridgehead atoms. The number of carbonyl (C=O) groups excluding carboxylic acids is 1. The summed E-state index contributed by atoms with van der Waals surface area (Å²) in [6.45, 7) is 4.49. The van der Waals surface area contributed by atoms with Gasteiger partial charge in [0.1, 0.15) is 5.82 Å². The first kappa shape index (κ1) is 16.8. The van der Waals surface area contributed by atoms with Gasteiger partial charge in [0.2, 0.25) is 5.91 Å². The van der Waals surface area contributed by atoms with Gasteiger partial charge in [0.25, 0.3) is 0 Å². The lowest BCUT2D eigenvalue weighted by Gasteiger charge is -2.10. The van der Waals surface area contributed by atoms with Crippen molar-refractivity contribution in [3.8, 4) is 0 Å². The van der Waals surface area contributed by atoms with Gasteiger partial charge in [-0.1, -0.05) is 19.1 Å². The Morgan fingerprint density at radius 2 is 2.23 bits per heavy atom. The first-order valence-electron chi connectivity index (χ1n) is 7.61. The molecule has 120 valence electrons. The summed E-state index contributed by atoms with van der Waals surface area (Å²) >= 11 is 1.55. The molecule has 5 nitrogen and oxygen atoms in total. The Morgan fingerprint density at radius 3 is 2.95 bits per heavy atom. The lowest BCUT2D eigenvalue weighted by atomic mass is 10.2. The van der Waals surface area contributed by atoms with Crippen LogP contribution in [0.15, 0.2) is 24.3 Å². The molecule has 0 aliphatic carbocycles. The van der Waals surface area contributed by atoms with Crippen LogP contribution in [0, 0.1) is 0 Å². The van der Waals surface area contributed by atoms with Crippen molar-refractivity contribution in [2.75, 3.05) is 12.3 Å². The van der Waals surface area contributed by atoms with Gasteiger partial charge in [-0.3, -0.25) is 4.79 Å². The monoisotopic (exact) mass is 321 g/mol. The van der Waals surface area contributed by atoms with E-state index in [0.29, 0.717) is 25.1 Å². The highest BCUT2D eigenvalue weighted by atomic mass is 32.2. The maximum atomic E-state index is 11.8. The van der Waals surface area contributed by atoms with E-state index in [0.717, 1.165) is 16.9 Å². The highest BCUT2D eigenvalue weighted by molar-refractivity contribution is 8.00. The first-order chi connectivity index (χ1) is 10.6. The third-order valence-corrected chi connectivity index (χ3v) is 4.68. The van der Waals surface area contributed by atoms with Crippen molar-refractivity contribution in [1.29, 1.82) is 0 Å². The quantitative estimate of drug-likeness (QED) is 0.698. The lowest BCUT2D eigenvalue weighted by Crippen LogP contribution is -2.28. The molecule has 2 aromatic rings. The number of rotatable bonds is 8. The van der Waals surface area contributed by atoms with E-state index in [1.54, 1.807) is 11.8 Å². The Hall–Kier alpha value is -1.53. The number of H-pyrrole nitrogens is 1. The van der Waals surface area contributed by atoms with Gasteiger partial charge in [-0.15, -0.1) is 11.8 Å². The number of imidazole rings is 1. The zero-order valence-corrected chi connectivity index (χ0v) is 13.8. The number of aromatic nitrogens is 2. The van der Waals surface area contributed by atoms with E-state index in [9.17, 15) is 9.90 Å². The maximum Gasteiger partial charge on any atom is 0.230 e. The van der Waals surface area contributed by atoms with E-state index in [4.69, 9.17) is 0 Å². The molecule has 0 aliphatic heterocycles. The summed E-state index contributed by atoms with van der Waals surface area (Å²) in [5, 5.41) is 12.4. The van der Waals surface area contributed by atoms with Crippen LogP contribution in [0.3, 0.4) is 0 Å². The van der Waals surface area contributed by atoms with Gasteiger partial charge < -0.3 is 15.4 Å². The highest BCUT2D eigenvalue weighted by Gasteiger charge is 2.13. The standard InChI is InChI=1S/C16H23N3O2S/c1-3-12(20)8-9-17-15(21)10-22-11(2)16-18-13-6-4-5-7-14(13)19-16/h4-7,11-12,20H,3,8-10H2,1-2H3,(H,17,21)(H,18,19). The molecular weight excluding hydrogens is 298 g/mol. The molecule has 0 spiro atoms. The number of benzene rings is 1. The van der Waals surface area contributed by atoms with Crippen LogP contribution in [0.5, 0.6) is 0 Å². The molecule has 6 heteroatoms. The molecule has 3 N–H and O–H groups in total. The molecule has 0 saturated heterocycles. The number of hydrogen-bond donors (Lipinski definition) is 3. The van der Waals surface area contributed by atoms with Gasteiger partial charge in [0.05, 0.1) is 28.1 Å². The van der Waals surface area contributed by atoms with Gasteiger partial charge in [0, 0.05) is 6.54 Å². The van der Waals surface area contributed by atoms with Crippen molar-refractivity contribution in [3.05, 3.63) is 30.1 Å². The van der Waals surface area contributed by atoms with Gasteiger partial charge in [0.15, 0.2) is 0 Å². The fourth-order valence-electron chi connectivity index (χ4n) is 2.08. The van der Waals surface area contributed by atoms with Crippen LogP contribution in [-0.2, 0) is 4.79 Å². The van der Waals surface area contributed by atoms with Crippen molar-refractivity contribution >= 4 is 28.7 Å². The van der Waals surface area contributed by atoms with Crippen molar-refractivity contribution in [2.24, 2.45) is 0 Å². The fraction of sp³-hybridized carbons (Fsp3) is 0.500. The zero-order chi connectivity index (χ0) is 15.9. The van der Waals surface area contributed by atoms with E-state index < -0.39 is 0 Å². The number of aromatic amines is 1. The van der Waals surface area contributed by atoms with E-state index in [1.807, 2.05) is 38.1 Å². The van der Waals surface area contributed by atoms with Crippen molar-refractivity contribution in [1.82, 2.24) is 15.3 Å². The molecule has 2 atom stereocenters. The Labute approximate surface area is 134 Å². The largest absolute Gasteiger partial charge is 0.393 e. The van der Waals surface area contributed by atoms with E-state index >= 15 is 0 Å². The molecule has 0 fully saturated rings. The number of nitrogens with one attached hydrogen (secondary N) is 2. The van der Waals surface area contributed by atoms with E-state index in [-0.39, 0.29) is 17.3 Å². The number of nitrogens with zero attached hydrogens (tertiary/aromatic N) is 1.